The standard InChI is InChI=1S/C14H18N2O7S2/c1-22-13(18)9-2-4-16(5-3-9)11(17)7-23-14(19)10-6-12(24-8-10)25(15,20)21/h6,8-9H,2-5,7H2,1H3,(H2,15,20,21). The summed E-state index contributed by atoms with van der Waals surface area (Å²) in [7, 11) is -2.56. The summed E-state index contributed by atoms with van der Waals surface area (Å²) in [5.74, 6) is -1.69. The van der Waals surface area contributed by atoms with Gasteiger partial charge in [0, 0.05) is 18.5 Å². The monoisotopic (exact) mass is 390 g/mol. The van der Waals surface area contributed by atoms with Gasteiger partial charge in [-0.1, -0.05) is 0 Å². The van der Waals surface area contributed by atoms with Crippen molar-refractivity contribution in [2.45, 2.75) is 17.1 Å². The van der Waals surface area contributed by atoms with Crippen molar-refractivity contribution in [3.63, 3.8) is 0 Å². The Morgan fingerprint density at radius 3 is 2.48 bits per heavy atom. The van der Waals surface area contributed by atoms with Gasteiger partial charge in [-0.3, -0.25) is 9.59 Å². The average Bonchev–Trinajstić information content (AvgIpc) is 3.09. The minimum Gasteiger partial charge on any atom is -0.469 e. The van der Waals surface area contributed by atoms with E-state index < -0.39 is 22.6 Å². The van der Waals surface area contributed by atoms with Crippen LogP contribution in [0.1, 0.15) is 23.2 Å². The molecule has 0 unspecified atom stereocenters. The molecule has 25 heavy (non-hydrogen) atoms. The second-order valence-corrected chi connectivity index (χ2v) is 8.15. The fourth-order valence-corrected chi connectivity index (χ4v) is 3.98. The Kier molecular flexibility index (Phi) is 6.14. The quantitative estimate of drug-likeness (QED) is 0.698. The number of piperidine rings is 1. The molecular weight excluding hydrogens is 372 g/mol. The maximum atomic E-state index is 12.1. The Labute approximate surface area is 148 Å². The first kappa shape index (κ1) is 19.3. The molecule has 9 nitrogen and oxygen atoms in total. The van der Waals surface area contributed by atoms with Crippen LogP contribution in [0, 0.1) is 5.92 Å². The van der Waals surface area contributed by atoms with Crippen molar-refractivity contribution in [1.82, 2.24) is 4.90 Å². The third-order valence-corrected chi connectivity index (χ3v) is 6.19. The number of nitrogens with two attached hydrogens (primary N) is 1. The number of carbonyl (C=O) groups excluding carboxylic acids is 3. The zero-order chi connectivity index (χ0) is 18.6. The summed E-state index contributed by atoms with van der Waals surface area (Å²) in [4.78, 5) is 36.9. The molecule has 0 saturated carbocycles. The van der Waals surface area contributed by atoms with Crippen LogP contribution in [0.3, 0.4) is 0 Å². The van der Waals surface area contributed by atoms with Crippen LogP contribution in [-0.4, -0.2) is 58.0 Å². The lowest BCUT2D eigenvalue weighted by atomic mass is 9.97. The van der Waals surface area contributed by atoms with Gasteiger partial charge in [-0.2, -0.15) is 0 Å². The average molecular weight is 390 g/mol. The maximum absolute atomic E-state index is 12.1. The number of ether oxygens (including phenoxy) is 2. The second kappa shape index (κ2) is 7.93. The predicted octanol–water partition coefficient (Wildman–Crippen LogP) is -0.0361. The van der Waals surface area contributed by atoms with Gasteiger partial charge in [-0.15, -0.1) is 11.3 Å². The first-order chi connectivity index (χ1) is 11.7. The highest BCUT2D eigenvalue weighted by Gasteiger charge is 2.28. The molecule has 1 amide bonds. The smallest absolute Gasteiger partial charge is 0.339 e. The van der Waals surface area contributed by atoms with Crippen molar-refractivity contribution in [1.29, 1.82) is 0 Å². The molecule has 2 heterocycles. The summed E-state index contributed by atoms with van der Waals surface area (Å²) in [6, 6.07) is 1.11. The van der Waals surface area contributed by atoms with Gasteiger partial charge in [0.2, 0.25) is 10.0 Å². The van der Waals surface area contributed by atoms with Gasteiger partial charge in [0.15, 0.2) is 6.61 Å². The SMILES string of the molecule is COC(=O)C1CCN(C(=O)COC(=O)c2csc(S(N)(=O)=O)c2)CC1. The van der Waals surface area contributed by atoms with E-state index in [-0.39, 0.29) is 27.6 Å². The van der Waals surface area contributed by atoms with Crippen molar-refractivity contribution < 1.29 is 32.3 Å². The van der Waals surface area contributed by atoms with Crippen LogP contribution in [0.5, 0.6) is 0 Å². The number of amides is 1. The third kappa shape index (κ3) is 5.00. The molecule has 1 aromatic heterocycles. The summed E-state index contributed by atoms with van der Waals surface area (Å²) in [5, 5.41) is 6.27. The lowest BCUT2D eigenvalue weighted by Gasteiger charge is -2.30. The van der Waals surface area contributed by atoms with E-state index in [4.69, 9.17) is 9.88 Å². The number of primary sulfonamides is 1. The van der Waals surface area contributed by atoms with Gasteiger partial charge in [-0.25, -0.2) is 18.4 Å². The summed E-state index contributed by atoms with van der Waals surface area (Å²) in [6.07, 6.45) is 0.989. The number of likely N-dealkylation sites (tertiary alicyclic amines) is 1. The Morgan fingerprint density at radius 2 is 1.96 bits per heavy atom. The highest BCUT2D eigenvalue weighted by molar-refractivity contribution is 7.91. The molecule has 11 heteroatoms. The molecule has 0 radical (unpaired) electrons. The van der Waals surface area contributed by atoms with Gasteiger partial charge >= 0.3 is 11.9 Å². The molecule has 0 atom stereocenters. The molecule has 138 valence electrons. The van der Waals surface area contributed by atoms with Crippen LogP contribution < -0.4 is 5.14 Å². The molecule has 2 N–H and O–H groups in total. The van der Waals surface area contributed by atoms with E-state index >= 15 is 0 Å². The zero-order valence-electron chi connectivity index (χ0n) is 13.5. The zero-order valence-corrected chi connectivity index (χ0v) is 15.1. The number of nitrogens with zero attached hydrogens (tertiary/aromatic N) is 1. The Balaban J connectivity index is 1.83. The highest BCUT2D eigenvalue weighted by Crippen LogP contribution is 2.20. The van der Waals surface area contributed by atoms with Crippen LogP contribution in [-0.2, 0) is 29.1 Å². The van der Waals surface area contributed by atoms with Gasteiger partial charge in [0.25, 0.3) is 5.91 Å². The molecule has 1 aliphatic rings. The molecular formula is C14H18N2O7S2. The normalized spacial score (nSPS) is 15.7. The number of thiophene rings is 1. The predicted molar refractivity (Wildman–Crippen MR) is 87.3 cm³/mol. The molecule has 1 aliphatic heterocycles. The summed E-state index contributed by atoms with van der Waals surface area (Å²) >= 11 is 0.799. The molecule has 0 bridgehead atoms. The highest BCUT2D eigenvalue weighted by atomic mass is 32.2. The Bertz CT molecular complexity index is 764. The third-order valence-electron chi connectivity index (χ3n) is 3.80. The Morgan fingerprint density at radius 1 is 1.32 bits per heavy atom. The summed E-state index contributed by atoms with van der Waals surface area (Å²) in [5.41, 5.74) is 0.0197. The Hall–Kier alpha value is -1.98. The van der Waals surface area contributed by atoms with Crippen LogP contribution in [0.4, 0.5) is 0 Å². The van der Waals surface area contributed by atoms with E-state index in [9.17, 15) is 22.8 Å². The van der Waals surface area contributed by atoms with Crippen molar-refractivity contribution in [2.75, 3.05) is 26.8 Å². The van der Waals surface area contributed by atoms with E-state index in [2.05, 4.69) is 4.74 Å². The molecule has 2 rings (SSSR count). The first-order valence-electron chi connectivity index (χ1n) is 7.36. The van der Waals surface area contributed by atoms with Crippen molar-refractivity contribution >= 4 is 39.2 Å². The minimum atomic E-state index is -3.88. The van der Waals surface area contributed by atoms with Crippen molar-refractivity contribution in [3.8, 4) is 0 Å². The first-order valence-corrected chi connectivity index (χ1v) is 9.79. The van der Waals surface area contributed by atoms with Gasteiger partial charge in [0.05, 0.1) is 18.6 Å². The maximum Gasteiger partial charge on any atom is 0.339 e. The molecule has 0 aromatic carbocycles. The molecule has 0 aliphatic carbocycles. The van der Waals surface area contributed by atoms with Crippen LogP contribution in [0.15, 0.2) is 15.7 Å². The molecule has 0 spiro atoms. The van der Waals surface area contributed by atoms with Crippen LogP contribution in [0.25, 0.3) is 0 Å². The van der Waals surface area contributed by atoms with Crippen LogP contribution in [0.2, 0.25) is 0 Å². The summed E-state index contributed by atoms with van der Waals surface area (Å²) < 4.78 is 31.8. The van der Waals surface area contributed by atoms with Gasteiger partial charge < -0.3 is 14.4 Å². The number of hydrogen-bond acceptors (Lipinski definition) is 8. The number of hydrogen-bond donors (Lipinski definition) is 1. The molecule has 1 fully saturated rings. The largest absolute Gasteiger partial charge is 0.469 e. The van der Waals surface area contributed by atoms with E-state index in [0.717, 1.165) is 17.4 Å². The molecule has 1 aromatic rings. The number of carbonyl (C=O) groups is 3. The lowest BCUT2D eigenvalue weighted by molar-refractivity contribution is -0.149. The fraction of sp³-hybridized carbons (Fsp3) is 0.500. The second-order valence-electron chi connectivity index (χ2n) is 5.45. The number of rotatable bonds is 5. The lowest BCUT2D eigenvalue weighted by Crippen LogP contribution is -2.42. The topological polar surface area (TPSA) is 133 Å². The fourth-order valence-electron chi connectivity index (χ4n) is 2.41. The summed E-state index contributed by atoms with van der Waals surface area (Å²) in [6.45, 7) is 0.302. The van der Waals surface area contributed by atoms with E-state index in [1.807, 2.05) is 0 Å². The number of esters is 2. The van der Waals surface area contributed by atoms with Gasteiger partial charge in [0.1, 0.15) is 4.21 Å². The van der Waals surface area contributed by atoms with Crippen molar-refractivity contribution in [3.05, 3.63) is 17.0 Å². The van der Waals surface area contributed by atoms with Crippen LogP contribution >= 0.6 is 11.3 Å². The number of methoxy groups -OCH3 is 1. The number of sulfonamides is 1. The molecule has 1 saturated heterocycles. The van der Waals surface area contributed by atoms with E-state index in [1.54, 1.807) is 0 Å². The van der Waals surface area contributed by atoms with E-state index in [1.165, 1.54) is 17.4 Å². The van der Waals surface area contributed by atoms with Gasteiger partial charge in [-0.05, 0) is 18.9 Å². The van der Waals surface area contributed by atoms with Crippen molar-refractivity contribution in [2.24, 2.45) is 11.1 Å². The minimum absolute atomic E-state index is 0.0197. The van der Waals surface area contributed by atoms with E-state index in [0.29, 0.717) is 25.9 Å².